The summed E-state index contributed by atoms with van der Waals surface area (Å²) >= 11 is 0. The van der Waals surface area contributed by atoms with Crippen LogP contribution < -0.4 is 11.1 Å². The van der Waals surface area contributed by atoms with Gasteiger partial charge in [-0.05, 0) is 37.9 Å². The number of hydrogen-bond donors (Lipinski definition) is 2. The standard InChI is InChI=1S/C15H25N3/c1-2-10-18-11-8-15(13-16,9-12-18)17-14-6-4-3-5-7-14/h3-7,17H,2,8-13,16H2,1H3. The minimum Gasteiger partial charge on any atom is -0.378 e. The van der Waals surface area contributed by atoms with Crippen molar-refractivity contribution >= 4 is 5.69 Å². The van der Waals surface area contributed by atoms with E-state index < -0.39 is 0 Å². The third-order valence-electron chi connectivity index (χ3n) is 3.93. The van der Waals surface area contributed by atoms with Crippen LogP contribution in [0.2, 0.25) is 0 Å². The van der Waals surface area contributed by atoms with Crippen LogP contribution in [0, 0.1) is 0 Å². The Morgan fingerprint density at radius 2 is 1.89 bits per heavy atom. The molecule has 3 N–H and O–H groups in total. The van der Waals surface area contributed by atoms with Crippen LogP contribution in [0.1, 0.15) is 26.2 Å². The van der Waals surface area contributed by atoms with Crippen molar-refractivity contribution in [3.63, 3.8) is 0 Å². The van der Waals surface area contributed by atoms with Crippen molar-refractivity contribution in [2.24, 2.45) is 5.73 Å². The van der Waals surface area contributed by atoms with Crippen LogP contribution in [0.4, 0.5) is 5.69 Å². The SMILES string of the molecule is CCCN1CCC(CN)(Nc2ccccc2)CC1. The molecule has 1 saturated heterocycles. The van der Waals surface area contributed by atoms with Crippen molar-refractivity contribution in [2.45, 2.75) is 31.7 Å². The highest BCUT2D eigenvalue weighted by atomic mass is 15.2. The molecule has 2 rings (SSSR count). The lowest BCUT2D eigenvalue weighted by atomic mass is 9.87. The van der Waals surface area contributed by atoms with Gasteiger partial charge in [0.1, 0.15) is 0 Å². The van der Waals surface area contributed by atoms with E-state index in [1.807, 2.05) is 6.07 Å². The first-order valence-electron chi connectivity index (χ1n) is 7.04. The number of para-hydroxylation sites is 1. The van der Waals surface area contributed by atoms with E-state index in [9.17, 15) is 0 Å². The van der Waals surface area contributed by atoms with Crippen molar-refractivity contribution in [2.75, 3.05) is 31.5 Å². The lowest BCUT2D eigenvalue weighted by Gasteiger charge is -2.42. The van der Waals surface area contributed by atoms with Crippen LogP contribution in [0.25, 0.3) is 0 Å². The van der Waals surface area contributed by atoms with Crippen LogP contribution in [0.15, 0.2) is 30.3 Å². The lowest BCUT2D eigenvalue weighted by molar-refractivity contribution is 0.177. The Bertz CT molecular complexity index is 342. The zero-order valence-corrected chi connectivity index (χ0v) is 11.4. The summed E-state index contributed by atoms with van der Waals surface area (Å²) in [5, 5.41) is 3.66. The van der Waals surface area contributed by atoms with E-state index in [-0.39, 0.29) is 5.54 Å². The Hall–Kier alpha value is -1.06. The van der Waals surface area contributed by atoms with Crippen molar-refractivity contribution in [3.8, 4) is 0 Å². The van der Waals surface area contributed by atoms with Gasteiger partial charge in [-0.25, -0.2) is 0 Å². The Balaban J connectivity index is 1.96. The highest BCUT2D eigenvalue weighted by molar-refractivity contribution is 5.45. The van der Waals surface area contributed by atoms with Crippen molar-refractivity contribution in [1.82, 2.24) is 4.90 Å². The second-order valence-electron chi connectivity index (χ2n) is 5.32. The van der Waals surface area contributed by atoms with Gasteiger partial charge in [-0.3, -0.25) is 0 Å². The molecule has 1 heterocycles. The maximum Gasteiger partial charge on any atom is 0.0520 e. The summed E-state index contributed by atoms with van der Waals surface area (Å²) in [6, 6.07) is 10.4. The minimum absolute atomic E-state index is 0.0889. The smallest absolute Gasteiger partial charge is 0.0520 e. The zero-order valence-electron chi connectivity index (χ0n) is 11.4. The molecule has 1 aliphatic rings. The number of nitrogens with zero attached hydrogens (tertiary/aromatic N) is 1. The number of benzene rings is 1. The molecule has 1 aromatic carbocycles. The maximum absolute atomic E-state index is 6.02. The van der Waals surface area contributed by atoms with Crippen LogP contribution in [0.3, 0.4) is 0 Å². The highest BCUT2D eigenvalue weighted by Gasteiger charge is 2.32. The highest BCUT2D eigenvalue weighted by Crippen LogP contribution is 2.26. The van der Waals surface area contributed by atoms with Gasteiger partial charge in [-0.2, -0.15) is 0 Å². The second kappa shape index (κ2) is 6.21. The Morgan fingerprint density at radius 3 is 2.44 bits per heavy atom. The van der Waals surface area contributed by atoms with Crippen LogP contribution in [-0.4, -0.2) is 36.6 Å². The molecule has 3 heteroatoms. The summed E-state index contributed by atoms with van der Waals surface area (Å²) in [4.78, 5) is 2.54. The minimum atomic E-state index is 0.0889. The molecule has 1 aliphatic heterocycles. The topological polar surface area (TPSA) is 41.3 Å². The quantitative estimate of drug-likeness (QED) is 0.839. The molecule has 0 spiro atoms. The van der Waals surface area contributed by atoms with E-state index >= 15 is 0 Å². The molecule has 100 valence electrons. The summed E-state index contributed by atoms with van der Waals surface area (Å²) in [6.07, 6.45) is 3.51. The van der Waals surface area contributed by atoms with Crippen LogP contribution in [0.5, 0.6) is 0 Å². The van der Waals surface area contributed by atoms with Gasteiger partial charge in [0.15, 0.2) is 0 Å². The van der Waals surface area contributed by atoms with Gasteiger partial charge in [0, 0.05) is 25.3 Å². The molecule has 0 amide bonds. The van der Waals surface area contributed by atoms with Crippen molar-refractivity contribution < 1.29 is 0 Å². The van der Waals surface area contributed by atoms with Crippen molar-refractivity contribution in [3.05, 3.63) is 30.3 Å². The molecule has 0 aliphatic carbocycles. The molecule has 0 bridgehead atoms. The molecule has 0 saturated carbocycles. The van der Waals surface area contributed by atoms with E-state index in [2.05, 4.69) is 41.4 Å². The van der Waals surface area contributed by atoms with Gasteiger partial charge in [0.05, 0.1) is 5.54 Å². The summed E-state index contributed by atoms with van der Waals surface area (Å²) in [7, 11) is 0. The second-order valence-corrected chi connectivity index (χ2v) is 5.32. The van der Waals surface area contributed by atoms with E-state index in [4.69, 9.17) is 5.73 Å². The van der Waals surface area contributed by atoms with Crippen LogP contribution >= 0.6 is 0 Å². The molecule has 0 aromatic heterocycles. The number of piperidine rings is 1. The fraction of sp³-hybridized carbons (Fsp3) is 0.600. The third-order valence-corrected chi connectivity index (χ3v) is 3.93. The third kappa shape index (κ3) is 3.24. The molecular weight excluding hydrogens is 222 g/mol. The van der Waals surface area contributed by atoms with Crippen molar-refractivity contribution in [1.29, 1.82) is 0 Å². The molecule has 1 aromatic rings. The van der Waals surface area contributed by atoms with E-state index in [0.29, 0.717) is 6.54 Å². The molecule has 0 atom stereocenters. The monoisotopic (exact) mass is 247 g/mol. The lowest BCUT2D eigenvalue weighted by Crippen LogP contribution is -2.53. The van der Waals surface area contributed by atoms with Gasteiger partial charge in [0.25, 0.3) is 0 Å². The first-order chi connectivity index (χ1) is 8.78. The Kier molecular flexibility index (Phi) is 4.61. The largest absolute Gasteiger partial charge is 0.378 e. The van der Waals surface area contributed by atoms with Gasteiger partial charge in [-0.1, -0.05) is 25.1 Å². The Morgan fingerprint density at radius 1 is 1.22 bits per heavy atom. The predicted octanol–water partition coefficient (Wildman–Crippen LogP) is 2.30. The summed E-state index contributed by atoms with van der Waals surface area (Å²) in [6.45, 7) is 6.48. The van der Waals surface area contributed by atoms with E-state index in [1.54, 1.807) is 0 Å². The van der Waals surface area contributed by atoms with Gasteiger partial charge >= 0.3 is 0 Å². The molecule has 3 nitrogen and oxygen atoms in total. The predicted molar refractivity (Wildman–Crippen MR) is 77.8 cm³/mol. The number of rotatable bonds is 5. The van der Waals surface area contributed by atoms with E-state index in [0.717, 1.165) is 25.9 Å². The van der Waals surface area contributed by atoms with Gasteiger partial charge in [0.2, 0.25) is 0 Å². The fourth-order valence-electron chi connectivity index (χ4n) is 2.73. The number of likely N-dealkylation sites (tertiary alicyclic amines) is 1. The first kappa shape index (κ1) is 13.4. The van der Waals surface area contributed by atoms with Crippen LogP contribution in [-0.2, 0) is 0 Å². The molecule has 1 fully saturated rings. The number of hydrogen-bond acceptors (Lipinski definition) is 3. The van der Waals surface area contributed by atoms with Gasteiger partial charge < -0.3 is 16.0 Å². The molecule has 0 radical (unpaired) electrons. The molecule has 0 unspecified atom stereocenters. The average Bonchev–Trinajstić information content (AvgIpc) is 2.43. The first-order valence-corrected chi connectivity index (χ1v) is 7.04. The van der Waals surface area contributed by atoms with E-state index in [1.165, 1.54) is 18.7 Å². The number of anilines is 1. The zero-order chi connectivity index (χ0) is 12.8. The summed E-state index contributed by atoms with van der Waals surface area (Å²) < 4.78 is 0. The maximum atomic E-state index is 6.02. The average molecular weight is 247 g/mol. The molecule has 18 heavy (non-hydrogen) atoms. The summed E-state index contributed by atoms with van der Waals surface area (Å²) in [5.41, 5.74) is 7.30. The normalized spacial score (nSPS) is 19.7. The van der Waals surface area contributed by atoms with Gasteiger partial charge in [-0.15, -0.1) is 0 Å². The number of nitrogens with two attached hydrogens (primary N) is 1. The molecular formula is C15H25N3. The number of nitrogens with one attached hydrogen (secondary N) is 1. The fourth-order valence-corrected chi connectivity index (χ4v) is 2.73. The Labute approximate surface area is 110 Å². The summed E-state index contributed by atoms with van der Waals surface area (Å²) in [5.74, 6) is 0.